The first-order valence-corrected chi connectivity index (χ1v) is 7.05. The summed E-state index contributed by atoms with van der Waals surface area (Å²) in [4.78, 5) is 0. The van der Waals surface area contributed by atoms with Crippen LogP contribution in [0.2, 0.25) is 5.02 Å². The summed E-state index contributed by atoms with van der Waals surface area (Å²) >= 11 is 5.83. The van der Waals surface area contributed by atoms with Crippen LogP contribution in [0.15, 0.2) is 12.1 Å². The lowest BCUT2D eigenvalue weighted by Crippen LogP contribution is -2.01. The van der Waals surface area contributed by atoms with Gasteiger partial charge in [-0.25, -0.2) is 8.42 Å². The van der Waals surface area contributed by atoms with Crippen LogP contribution in [0, 0.1) is 6.92 Å². The third-order valence-electron chi connectivity index (χ3n) is 2.01. The van der Waals surface area contributed by atoms with Crippen LogP contribution in [0.5, 0.6) is 5.75 Å². The molecule has 6 heteroatoms. The molecule has 0 aliphatic rings. The molecule has 0 heterocycles. The summed E-state index contributed by atoms with van der Waals surface area (Å²) in [5, 5.41) is 9.86. The molecule has 1 N–H and O–H groups in total. The Labute approximate surface area is 98.1 Å². The highest BCUT2D eigenvalue weighted by Crippen LogP contribution is 2.26. The van der Waals surface area contributed by atoms with Gasteiger partial charge in [0.15, 0.2) is 0 Å². The fourth-order valence-corrected chi connectivity index (χ4v) is 2.05. The SMILES string of the molecule is Cc1c(O)cc(CCS(=O)(=O)Cl)cc1Cl. The van der Waals surface area contributed by atoms with Crippen LogP contribution in [0.4, 0.5) is 0 Å². The van der Waals surface area contributed by atoms with Crippen molar-refractivity contribution in [1.29, 1.82) is 0 Å². The van der Waals surface area contributed by atoms with Crippen molar-refractivity contribution in [2.75, 3.05) is 5.75 Å². The van der Waals surface area contributed by atoms with Crippen molar-refractivity contribution in [2.45, 2.75) is 13.3 Å². The van der Waals surface area contributed by atoms with Gasteiger partial charge in [0, 0.05) is 21.3 Å². The monoisotopic (exact) mass is 268 g/mol. The van der Waals surface area contributed by atoms with Crippen LogP contribution >= 0.6 is 22.3 Å². The topological polar surface area (TPSA) is 54.4 Å². The molecule has 0 aliphatic carbocycles. The molecule has 0 saturated carbocycles. The first kappa shape index (κ1) is 12.6. The zero-order valence-electron chi connectivity index (χ0n) is 8.00. The van der Waals surface area contributed by atoms with Crippen LogP contribution in [-0.2, 0) is 15.5 Å². The second-order valence-electron chi connectivity index (χ2n) is 3.21. The summed E-state index contributed by atoms with van der Waals surface area (Å²) in [6, 6.07) is 3.11. The van der Waals surface area contributed by atoms with Gasteiger partial charge in [0.1, 0.15) is 5.75 Å². The molecule has 0 bridgehead atoms. The van der Waals surface area contributed by atoms with E-state index in [0.29, 0.717) is 16.1 Å². The molecule has 0 unspecified atom stereocenters. The van der Waals surface area contributed by atoms with Crippen LogP contribution in [-0.4, -0.2) is 19.3 Å². The molecule has 0 aromatic heterocycles. The molecule has 1 aromatic rings. The highest BCUT2D eigenvalue weighted by Gasteiger charge is 2.09. The van der Waals surface area contributed by atoms with E-state index >= 15 is 0 Å². The molecule has 1 aromatic carbocycles. The first-order valence-electron chi connectivity index (χ1n) is 4.20. The zero-order valence-corrected chi connectivity index (χ0v) is 10.3. The van der Waals surface area contributed by atoms with Crippen LogP contribution < -0.4 is 0 Å². The predicted molar refractivity (Wildman–Crippen MR) is 61.2 cm³/mol. The Balaban J connectivity index is 2.89. The van der Waals surface area contributed by atoms with Gasteiger partial charge >= 0.3 is 0 Å². The van der Waals surface area contributed by atoms with Gasteiger partial charge in [-0.3, -0.25) is 0 Å². The molecule has 3 nitrogen and oxygen atoms in total. The molecule has 84 valence electrons. The van der Waals surface area contributed by atoms with Gasteiger partial charge in [-0.2, -0.15) is 0 Å². The quantitative estimate of drug-likeness (QED) is 0.857. The molecule has 15 heavy (non-hydrogen) atoms. The Kier molecular flexibility index (Phi) is 3.87. The minimum absolute atomic E-state index is 0.0597. The molecule has 1 rings (SSSR count). The van der Waals surface area contributed by atoms with E-state index in [0.717, 1.165) is 0 Å². The number of phenols is 1. The Hall–Kier alpha value is -0.450. The third kappa shape index (κ3) is 3.89. The number of aromatic hydroxyl groups is 1. The largest absolute Gasteiger partial charge is 0.508 e. The van der Waals surface area contributed by atoms with Crippen LogP contribution in [0.25, 0.3) is 0 Å². The van der Waals surface area contributed by atoms with Gasteiger partial charge in [-0.15, -0.1) is 0 Å². The number of benzene rings is 1. The van der Waals surface area contributed by atoms with E-state index in [1.165, 1.54) is 6.07 Å². The van der Waals surface area contributed by atoms with Gasteiger partial charge in [0.05, 0.1) is 5.75 Å². The lowest BCUT2D eigenvalue weighted by Gasteiger charge is -2.05. The van der Waals surface area contributed by atoms with E-state index in [1.807, 2.05) is 0 Å². The highest BCUT2D eigenvalue weighted by atomic mass is 35.7. The van der Waals surface area contributed by atoms with E-state index in [4.69, 9.17) is 22.3 Å². The molecule has 0 amide bonds. The summed E-state index contributed by atoms with van der Waals surface area (Å²) in [6.07, 6.45) is 0.236. The van der Waals surface area contributed by atoms with Gasteiger partial charge in [0.2, 0.25) is 9.05 Å². The van der Waals surface area contributed by atoms with Crippen molar-refractivity contribution in [2.24, 2.45) is 0 Å². The average Bonchev–Trinajstić information content (AvgIpc) is 2.09. The van der Waals surface area contributed by atoms with Gasteiger partial charge in [-0.1, -0.05) is 11.6 Å². The molecule has 0 radical (unpaired) electrons. The Morgan fingerprint density at radius 1 is 1.40 bits per heavy atom. The van der Waals surface area contributed by atoms with Crippen molar-refractivity contribution in [1.82, 2.24) is 0 Å². The summed E-state index contributed by atoms with van der Waals surface area (Å²) < 4.78 is 21.4. The predicted octanol–water partition coefficient (Wildman–Crippen LogP) is 2.47. The smallest absolute Gasteiger partial charge is 0.232 e. The van der Waals surface area contributed by atoms with Gasteiger partial charge in [-0.05, 0) is 31.0 Å². The second kappa shape index (κ2) is 4.60. The number of aryl methyl sites for hydroxylation is 1. The summed E-state index contributed by atoms with van der Waals surface area (Å²) in [6.45, 7) is 1.68. The molecular weight excluding hydrogens is 259 g/mol. The maximum atomic E-state index is 10.7. The van der Waals surface area contributed by atoms with Crippen LogP contribution in [0.3, 0.4) is 0 Å². The Morgan fingerprint density at radius 2 is 2.00 bits per heavy atom. The molecular formula is C9H10Cl2O3S. The van der Waals surface area contributed by atoms with Crippen molar-refractivity contribution in [3.63, 3.8) is 0 Å². The molecule has 0 aliphatic heterocycles. The van der Waals surface area contributed by atoms with E-state index < -0.39 is 9.05 Å². The number of rotatable bonds is 3. The highest BCUT2D eigenvalue weighted by molar-refractivity contribution is 8.13. The Bertz CT molecular complexity index is 445. The minimum Gasteiger partial charge on any atom is -0.508 e. The number of phenolic OH excluding ortho intramolecular Hbond substituents is 1. The normalized spacial score (nSPS) is 11.7. The maximum absolute atomic E-state index is 10.7. The summed E-state index contributed by atoms with van der Waals surface area (Å²) in [5.41, 5.74) is 1.22. The standard InChI is InChI=1S/C9H10Cl2O3S/c1-6-8(10)4-7(5-9(6)12)2-3-15(11,13)14/h4-5,12H,2-3H2,1H3. The van der Waals surface area contributed by atoms with Crippen LogP contribution in [0.1, 0.15) is 11.1 Å². The van der Waals surface area contributed by atoms with Crippen molar-refractivity contribution < 1.29 is 13.5 Å². The lowest BCUT2D eigenvalue weighted by atomic mass is 10.1. The summed E-state index contributed by atoms with van der Waals surface area (Å²) in [7, 11) is 1.56. The van der Waals surface area contributed by atoms with E-state index in [-0.39, 0.29) is 17.9 Å². The fraction of sp³-hybridized carbons (Fsp3) is 0.333. The zero-order chi connectivity index (χ0) is 11.6. The van der Waals surface area contributed by atoms with Gasteiger partial charge in [0.25, 0.3) is 0 Å². The lowest BCUT2D eigenvalue weighted by molar-refractivity contribution is 0.470. The first-order chi connectivity index (χ1) is 6.79. The third-order valence-corrected chi connectivity index (χ3v) is 3.56. The molecule has 0 fully saturated rings. The van der Waals surface area contributed by atoms with Crippen molar-refractivity contribution in [3.8, 4) is 5.75 Å². The number of hydrogen-bond acceptors (Lipinski definition) is 3. The Morgan fingerprint density at radius 3 is 2.47 bits per heavy atom. The van der Waals surface area contributed by atoms with Gasteiger partial charge < -0.3 is 5.11 Å². The molecule has 0 saturated heterocycles. The maximum Gasteiger partial charge on any atom is 0.232 e. The second-order valence-corrected chi connectivity index (χ2v) is 6.52. The molecule has 0 spiro atoms. The number of hydrogen-bond donors (Lipinski definition) is 1. The molecule has 0 atom stereocenters. The van der Waals surface area contributed by atoms with E-state index in [9.17, 15) is 13.5 Å². The fourth-order valence-electron chi connectivity index (χ4n) is 1.10. The van der Waals surface area contributed by atoms with E-state index in [2.05, 4.69) is 0 Å². The number of halogens is 2. The summed E-state index contributed by atoms with van der Waals surface area (Å²) in [5.74, 6) is -0.114. The van der Waals surface area contributed by atoms with E-state index in [1.54, 1.807) is 13.0 Å². The van der Waals surface area contributed by atoms with Crippen molar-refractivity contribution >= 4 is 31.3 Å². The average molecular weight is 269 g/mol. The van der Waals surface area contributed by atoms with Crippen molar-refractivity contribution in [3.05, 3.63) is 28.3 Å². The minimum atomic E-state index is -3.51.